The molecule has 0 saturated carbocycles. The van der Waals surface area contributed by atoms with Crippen molar-refractivity contribution >= 4 is 40.5 Å². The summed E-state index contributed by atoms with van der Waals surface area (Å²) in [4.78, 5) is 41.2. The van der Waals surface area contributed by atoms with Crippen LogP contribution in [0.15, 0.2) is 50.7 Å². The Morgan fingerprint density at radius 2 is 2.03 bits per heavy atom. The van der Waals surface area contributed by atoms with E-state index in [9.17, 15) is 19.7 Å². The zero-order valence-corrected chi connectivity index (χ0v) is 17.1. The molecule has 0 unspecified atom stereocenters. The summed E-state index contributed by atoms with van der Waals surface area (Å²) in [7, 11) is 0. The highest BCUT2D eigenvalue weighted by Crippen LogP contribution is 2.33. The van der Waals surface area contributed by atoms with Crippen LogP contribution in [-0.2, 0) is 14.3 Å². The SMILES string of the molecule is O=C(CN1CCOCC1)NC1=NC(=O)/C(=C/c2ccc(-c3ccccc3[N+](=O)[O-])o2)S1. The van der Waals surface area contributed by atoms with Crippen LogP contribution in [0, 0.1) is 10.1 Å². The van der Waals surface area contributed by atoms with Gasteiger partial charge in [0.1, 0.15) is 11.5 Å². The number of amides is 2. The number of nitrogens with zero attached hydrogens (tertiary/aromatic N) is 3. The second-order valence-electron chi connectivity index (χ2n) is 6.75. The van der Waals surface area contributed by atoms with Gasteiger partial charge in [0.2, 0.25) is 5.91 Å². The summed E-state index contributed by atoms with van der Waals surface area (Å²) in [5.41, 5.74) is 0.269. The van der Waals surface area contributed by atoms with Crippen molar-refractivity contribution in [2.75, 3.05) is 32.8 Å². The number of benzene rings is 1. The lowest BCUT2D eigenvalue weighted by atomic mass is 10.1. The first-order valence-corrected chi connectivity index (χ1v) is 10.3. The Labute approximate surface area is 181 Å². The first-order valence-electron chi connectivity index (χ1n) is 9.46. The van der Waals surface area contributed by atoms with Crippen molar-refractivity contribution in [1.82, 2.24) is 10.2 Å². The lowest BCUT2D eigenvalue weighted by Crippen LogP contribution is -2.44. The van der Waals surface area contributed by atoms with Crippen molar-refractivity contribution in [2.45, 2.75) is 0 Å². The van der Waals surface area contributed by atoms with Crippen molar-refractivity contribution < 1.29 is 23.7 Å². The van der Waals surface area contributed by atoms with Crippen LogP contribution < -0.4 is 5.32 Å². The van der Waals surface area contributed by atoms with E-state index in [1.807, 2.05) is 4.90 Å². The highest BCUT2D eigenvalue weighted by molar-refractivity contribution is 8.18. The maximum Gasteiger partial charge on any atom is 0.286 e. The van der Waals surface area contributed by atoms with E-state index in [0.29, 0.717) is 43.4 Å². The van der Waals surface area contributed by atoms with Crippen LogP contribution in [-0.4, -0.2) is 59.7 Å². The van der Waals surface area contributed by atoms with Crippen LogP contribution in [0.25, 0.3) is 17.4 Å². The fourth-order valence-electron chi connectivity index (χ4n) is 3.13. The van der Waals surface area contributed by atoms with E-state index < -0.39 is 10.8 Å². The number of hydrogen-bond donors (Lipinski definition) is 1. The molecule has 0 radical (unpaired) electrons. The van der Waals surface area contributed by atoms with Gasteiger partial charge < -0.3 is 14.5 Å². The highest BCUT2D eigenvalue weighted by atomic mass is 32.2. The molecule has 1 fully saturated rings. The van der Waals surface area contributed by atoms with Gasteiger partial charge in [-0.2, -0.15) is 4.99 Å². The number of furan rings is 1. The number of ether oxygens (including phenoxy) is 1. The Kier molecular flexibility index (Phi) is 6.26. The standard InChI is InChI=1S/C20H18N4O6S/c25-18(12-23-7-9-29-10-8-23)21-20-22-19(26)17(31-20)11-13-5-6-16(30-13)14-3-1-2-4-15(14)24(27)28/h1-6,11H,7-10,12H2,(H,21,22,25,26)/b17-11-. The van der Waals surface area contributed by atoms with Crippen molar-refractivity contribution in [3.05, 3.63) is 57.2 Å². The quantitative estimate of drug-likeness (QED) is 0.424. The first-order chi connectivity index (χ1) is 15.0. The number of rotatable bonds is 5. The van der Waals surface area contributed by atoms with Gasteiger partial charge in [-0.1, -0.05) is 12.1 Å². The molecule has 160 valence electrons. The van der Waals surface area contributed by atoms with Gasteiger partial charge in [-0.15, -0.1) is 0 Å². The number of thioether (sulfide) groups is 1. The Hall–Kier alpha value is -3.28. The molecule has 2 aromatic rings. The predicted molar refractivity (Wildman–Crippen MR) is 114 cm³/mol. The fraction of sp³-hybridized carbons (Fsp3) is 0.250. The lowest BCUT2D eigenvalue weighted by molar-refractivity contribution is -0.384. The summed E-state index contributed by atoms with van der Waals surface area (Å²) < 4.78 is 10.9. The van der Waals surface area contributed by atoms with Gasteiger partial charge in [-0.05, 0) is 30.0 Å². The number of carbonyl (C=O) groups excluding carboxylic acids is 2. The number of nitrogens with one attached hydrogen (secondary N) is 1. The molecule has 10 nitrogen and oxygen atoms in total. The molecular formula is C20H18N4O6S. The van der Waals surface area contributed by atoms with Crippen LogP contribution in [0.2, 0.25) is 0 Å². The number of nitro groups is 1. The third kappa shape index (κ3) is 5.08. The minimum absolute atomic E-state index is 0.0732. The average Bonchev–Trinajstić information content (AvgIpc) is 3.35. The van der Waals surface area contributed by atoms with Crippen LogP contribution in [0.3, 0.4) is 0 Å². The first kappa shape index (κ1) is 21.0. The Bertz CT molecular complexity index is 1090. The van der Waals surface area contributed by atoms with E-state index in [1.165, 1.54) is 12.1 Å². The molecule has 0 bridgehead atoms. The molecule has 1 aromatic heterocycles. The highest BCUT2D eigenvalue weighted by Gasteiger charge is 2.25. The Morgan fingerprint density at radius 3 is 2.81 bits per heavy atom. The molecule has 0 spiro atoms. The van der Waals surface area contributed by atoms with E-state index in [4.69, 9.17) is 9.15 Å². The lowest BCUT2D eigenvalue weighted by Gasteiger charge is -2.25. The maximum atomic E-state index is 12.2. The number of hydrogen-bond acceptors (Lipinski definition) is 8. The molecule has 4 rings (SSSR count). The minimum atomic E-state index is -0.490. The Balaban J connectivity index is 1.41. The topological polar surface area (TPSA) is 127 Å². The molecule has 3 heterocycles. The number of carbonyl (C=O) groups is 2. The molecule has 1 aromatic carbocycles. The molecule has 1 N–H and O–H groups in total. The molecule has 2 aliphatic rings. The maximum absolute atomic E-state index is 12.2. The number of morpholine rings is 1. The van der Waals surface area contributed by atoms with Crippen LogP contribution >= 0.6 is 11.8 Å². The average molecular weight is 442 g/mol. The van der Waals surface area contributed by atoms with Gasteiger partial charge in [0.15, 0.2) is 5.17 Å². The van der Waals surface area contributed by atoms with Gasteiger partial charge >= 0.3 is 0 Å². The summed E-state index contributed by atoms with van der Waals surface area (Å²) in [6.45, 7) is 2.74. The molecule has 31 heavy (non-hydrogen) atoms. The molecule has 11 heteroatoms. The number of para-hydroxylation sites is 1. The second-order valence-corrected chi connectivity index (χ2v) is 7.78. The summed E-state index contributed by atoms with van der Waals surface area (Å²) >= 11 is 1.04. The van der Waals surface area contributed by atoms with E-state index in [2.05, 4.69) is 10.3 Å². The van der Waals surface area contributed by atoms with Gasteiger partial charge in [-0.3, -0.25) is 24.6 Å². The molecule has 1 saturated heterocycles. The largest absolute Gasteiger partial charge is 0.456 e. The minimum Gasteiger partial charge on any atom is -0.456 e. The van der Waals surface area contributed by atoms with Gasteiger partial charge in [0, 0.05) is 25.2 Å². The molecule has 0 aliphatic carbocycles. The van der Waals surface area contributed by atoms with Gasteiger partial charge in [-0.25, -0.2) is 0 Å². The predicted octanol–water partition coefficient (Wildman–Crippen LogP) is 2.27. The van der Waals surface area contributed by atoms with Gasteiger partial charge in [0.05, 0.1) is 35.2 Å². The summed E-state index contributed by atoms with van der Waals surface area (Å²) in [6.07, 6.45) is 1.50. The van der Waals surface area contributed by atoms with Crippen molar-refractivity contribution in [1.29, 1.82) is 0 Å². The van der Waals surface area contributed by atoms with E-state index in [0.717, 1.165) is 11.8 Å². The number of aliphatic imine (C=N–C) groups is 1. The van der Waals surface area contributed by atoms with Crippen LogP contribution in [0.5, 0.6) is 0 Å². The van der Waals surface area contributed by atoms with E-state index in [1.54, 1.807) is 30.3 Å². The van der Waals surface area contributed by atoms with Crippen molar-refractivity contribution in [2.24, 2.45) is 4.99 Å². The Morgan fingerprint density at radius 1 is 1.26 bits per heavy atom. The normalized spacial score (nSPS) is 18.3. The van der Waals surface area contributed by atoms with E-state index in [-0.39, 0.29) is 28.2 Å². The number of amidine groups is 1. The molecule has 2 aliphatic heterocycles. The summed E-state index contributed by atoms with van der Waals surface area (Å²) in [6, 6.07) is 9.46. The molecule has 2 amide bonds. The summed E-state index contributed by atoms with van der Waals surface area (Å²) in [5.74, 6) is -0.0798. The zero-order chi connectivity index (χ0) is 21.8. The van der Waals surface area contributed by atoms with Crippen LogP contribution in [0.1, 0.15) is 5.76 Å². The van der Waals surface area contributed by atoms with E-state index >= 15 is 0 Å². The number of nitro benzene ring substituents is 1. The molecule has 0 atom stereocenters. The van der Waals surface area contributed by atoms with Gasteiger partial charge in [0.25, 0.3) is 11.6 Å². The smallest absolute Gasteiger partial charge is 0.286 e. The van der Waals surface area contributed by atoms with Crippen molar-refractivity contribution in [3.63, 3.8) is 0 Å². The third-order valence-corrected chi connectivity index (χ3v) is 5.50. The second kappa shape index (κ2) is 9.25. The third-order valence-electron chi connectivity index (χ3n) is 4.60. The monoisotopic (exact) mass is 442 g/mol. The fourth-order valence-corrected chi connectivity index (χ4v) is 3.94. The van der Waals surface area contributed by atoms with Crippen LogP contribution in [0.4, 0.5) is 5.69 Å². The zero-order valence-electron chi connectivity index (χ0n) is 16.3. The summed E-state index contributed by atoms with van der Waals surface area (Å²) in [5, 5.41) is 14.1. The van der Waals surface area contributed by atoms with Crippen molar-refractivity contribution in [3.8, 4) is 11.3 Å². The molecular weight excluding hydrogens is 424 g/mol.